The number of carboxylic acids is 1. The minimum absolute atomic E-state index is 0.162. The number of carbonyl (C=O) groups excluding carboxylic acids is 2. The zero-order valence-electron chi connectivity index (χ0n) is 24.6. The number of carbonyl (C=O) groups is 3. The van der Waals surface area contributed by atoms with Crippen LogP contribution < -0.4 is 5.32 Å². The minimum atomic E-state index is -0.941. The molecule has 4 rings (SSSR count). The number of carboxylic acid groups (broad SMARTS) is 1. The van der Waals surface area contributed by atoms with E-state index in [-0.39, 0.29) is 25.4 Å². The number of fused-ring (bicyclic) bond motifs is 3. The van der Waals surface area contributed by atoms with E-state index in [1.165, 1.54) is 5.56 Å². The Morgan fingerprint density at radius 3 is 2.54 bits per heavy atom. The van der Waals surface area contributed by atoms with Gasteiger partial charge in [0, 0.05) is 17.8 Å². The Bertz CT molecular complexity index is 1210. The molecule has 10 heteroatoms. The Kier molecular flexibility index (Phi) is 9.94. The molecule has 2 heterocycles. The summed E-state index contributed by atoms with van der Waals surface area (Å²) in [5.74, 6) is -1.68. The quantitative estimate of drug-likeness (QED) is 0.346. The molecule has 0 spiro atoms. The zero-order chi connectivity index (χ0) is 29.6. The maximum atomic E-state index is 12.6. The van der Waals surface area contributed by atoms with Crippen LogP contribution in [0.25, 0.3) is 5.69 Å². The number of nitrogens with one attached hydrogen (secondary N) is 1. The Morgan fingerprint density at radius 2 is 1.83 bits per heavy atom. The lowest BCUT2D eigenvalue weighted by Crippen LogP contribution is -2.46. The first kappa shape index (κ1) is 30.4. The number of imidazole rings is 1. The summed E-state index contributed by atoms with van der Waals surface area (Å²) in [6.45, 7) is 6.94. The highest BCUT2D eigenvalue weighted by molar-refractivity contribution is 5.70. The highest BCUT2D eigenvalue weighted by Crippen LogP contribution is 2.28. The maximum absolute atomic E-state index is 12.6. The number of ether oxygens (including phenoxy) is 3. The van der Waals surface area contributed by atoms with Crippen molar-refractivity contribution in [3.05, 3.63) is 47.5 Å². The van der Waals surface area contributed by atoms with Gasteiger partial charge in [-0.15, -0.1) is 0 Å². The molecule has 1 aliphatic carbocycles. The Hall–Kier alpha value is -3.56. The molecule has 224 valence electrons. The van der Waals surface area contributed by atoms with E-state index < -0.39 is 41.9 Å². The van der Waals surface area contributed by atoms with Gasteiger partial charge in [0.15, 0.2) is 0 Å². The molecule has 1 aliphatic heterocycles. The molecule has 1 aromatic heterocycles. The van der Waals surface area contributed by atoms with Gasteiger partial charge in [-0.05, 0) is 90.7 Å². The molecule has 1 saturated carbocycles. The third-order valence-corrected chi connectivity index (χ3v) is 7.82. The van der Waals surface area contributed by atoms with Gasteiger partial charge in [-0.3, -0.25) is 4.79 Å². The number of alkyl carbamates (subject to hydrolysis) is 1. The van der Waals surface area contributed by atoms with Crippen LogP contribution in [0.4, 0.5) is 9.59 Å². The van der Waals surface area contributed by atoms with Gasteiger partial charge < -0.3 is 29.2 Å². The predicted octanol–water partition coefficient (Wildman–Crippen LogP) is 5.76. The van der Waals surface area contributed by atoms with Gasteiger partial charge in [0.1, 0.15) is 17.8 Å². The van der Waals surface area contributed by atoms with Gasteiger partial charge in [0.25, 0.3) is 0 Å². The molecule has 0 radical (unpaired) electrons. The van der Waals surface area contributed by atoms with Crippen molar-refractivity contribution in [3.8, 4) is 5.69 Å². The van der Waals surface area contributed by atoms with E-state index in [2.05, 4.69) is 16.4 Å². The highest BCUT2D eigenvalue weighted by Gasteiger charge is 2.31. The van der Waals surface area contributed by atoms with Crippen LogP contribution >= 0.6 is 0 Å². The summed E-state index contributed by atoms with van der Waals surface area (Å²) in [4.78, 5) is 42.1. The molecule has 0 saturated heterocycles. The summed E-state index contributed by atoms with van der Waals surface area (Å²) in [6, 6.07) is 7.48. The first-order valence-electron chi connectivity index (χ1n) is 14.7. The number of amides is 1. The van der Waals surface area contributed by atoms with Gasteiger partial charge in [-0.2, -0.15) is 0 Å². The summed E-state index contributed by atoms with van der Waals surface area (Å²) >= 11 is 0. The number of para-hydroxylation sites is 1. The van der Waals surface area contributed by atoms with E-state index in [1.54, 1.807) is 34.0 Å². The van der Waals surface area contributed by atoms with E-state index in [9.17, 15) is 19.5 Å². The molecule has 2 aliphatic rings. The average Bonchev–Trinajstić information content (AvgIpc) is 3.32. The fourth-order valence-electron chi connectivity index (χ4n) is 5.65. The van der Waals surface area contributed by atoms with Gasteiger partial charge in [0.05, 0.1) is 24.0 Å². The third-order valence-electron chi connectivity index (χ3n) is 7.82. The van der Waals surface area contributed by atoms with Crippen molar-refractivity contribution in [2.75, 3.05) is 0 Å². The van der Waals surface area contributed by atoms with Crippen molar-refractivity contribution in [2.24, 2.45) is 5.92 Å². The summed E-state index contributed by atoms with van der Waals surface area (Å²) in [5.41, 5.74) is 3.39. The SMILES string of the molecule is CC(OC(=O)OC1CCCCC1)C(CC[C@@H](Cc1ncn2c1CCc1ccccc1-2)C(=O)O)NC(=O)OC(C)(C)C. The molecule has 2 aromatic rings. The van der Waals surface area contributed by atoms with Crippen LogP contribution in [-0.4, -0.2) is 56.7 Å². The minimum Gasteiger partial charge on any atom is -0.481 e. The first-order chi connectivity index (χ1) is 19.5. The largest absolute Gasteiger partial charge is 0.508 e. The summed E-state index contributed by atoms with van der Waals surface area (Å²) in [7, 11) is 0. The molecule has 1 fully saturated rings. The molecule has 1 aromatic carbocycles. The molecule has 3 atom stereocenters. The van der Waals surface area contributed by atoms with Crippen molar-refractivity contribution >= 4 is 18.2 Å². The van der Waals surface area contributed by atoms with Crippen LogP contribution in [0.3, 0.4) is 0 Å². The lowest BCUT2D eigenvalue weighted by molar-refractivity contribution is -0.142. The van der Waals surface area contributed by atoms with E-state index in [0.717, 1.165) is 62.0 Å². The van der Waals surface area contributed by atoms with E-state index in [4.69, 9.17) is 14.2 Å². The Balaban J connectivity index is 1.42. The highest BCUT2D eigenvalue weighted by atomic mass is 16.7. The average molecular weight is 570 g/mol. The summed E-state index contributed by atoms with van der Waals surface area (Å²) in [5, 5.41) is 12.9. The fraction of sp³-hybridized carbons (Fsp3) is 0.613. The lowest BCUT2D eigenvalue weighted by Gasteiger charge is -2.29. The molecular formula is C31H43N3O7. The van der Waals surface area contributed by atoms with Crippen LogP contribution in [0.15, 0.2) is 30.6 Å². The molecule has 10 nitrogen and oxygen atoms in total. The number of hydrogen-bond acceptors (Lipinski definition) is 7. The van der Waals surface area contributed by atoms with E-state index >= 15 is 0 Å². The van der Waals surface area contributed by atoms with Gasteiger partial charge in [-0.25, -0.2) is 14.6 Å². The summed E-state index contributed by atoms with van der Waals surface area (Å²) < 4.78 is 18.5. The normalized spacial score (nSPS) is 17.4. The van der Waals surface area contributed by atoms with Crippen LogP contribution in [0.1, 0.15) is 89.6 Å². The van der Waals surface area contributed by atoms with Crippen LogP contribution in [0.2, 0.25) is 0 Å². The van der Waals surface area contributed by atoms with Crippen molar-refractivity contribution < 1.29 is 33.7 Å². The van der Waals surface area contributed by atoms with E-state index in [1.807, 2.05) is 22.8 Å². The first-order valence-corrected chi connectivity index (χ1v) is 14.7. The van der Waals surface area contributed by atoms with Crippen molar-refractivity contribution in [3.63, 3.8) is 0 Å². The van der Waals surface area contributed by atoms with Crippen molar-refractivity contribution in [2.45, 2.75) is 116 Å². The maximum Gasteiger partial charge on any atom is 0.508 e. The monoisotopic (exact) mass is 569 g/mol. The second-order valence-corrected chi connectivity index (χ2v) is 12.2. The van der Waals surface area contributed by atoms with Crippen LogP contribution in [-0.2, 0) is 38.3 Å². The van der Waals surface area contributed by atoms with Gasteiger partial charge in [-0.1, -0.05) is 24.6 Å². The van der Waals surface area contributed by atoms with Gasteiger partial charge in [0.2, 0.25) is 0 Å². The van der Waals surface area contributed by atoms with Gasteiger partial charge >= 0.3 is 18.2 Å². The van der Waals surface area contributed by atoms with Crippen LogP contribution in [0, 0.1) is 5.92 Å². The zero-order valence-corrected chi connectivity index (χ0v) is 24.6. The molecule has 41 heavy (non-hydrogen) atoms. The van der Waals surface area contributed by atoms with Crippen molar-refractivity contribution in [1.29, 1.82) is 0 Å². The number of aryl methyl sites for hydroxylation is 1. The Labute approximate surface area is 241 Å². The smallest absolute Gasteiger partial charge is 0.481 e. The molecule has 2 N–H and O–H groups in total. The number of nitrogens with zero attached hydrogens (tertiary/aromatic N) is 2. The molecule has 0 bridgehead atoms. The fourth-order valence-corrected chi connectivity index (χ4v) is 5.65. The van der Waals surface area contributed by atoms with Crippen LogP contribution in [0.5, 0.6) is 0 Å². The summed E-state index contributed by atoms with van der Waals surface area (Å²) in [6.07, 6.45) is 6.61. The molecule has 1 amide bonds. The predicted molar refractivity (Wildman–Crippen MR) is 152 cm³/mol. The van der Waals surface area contributed by atoms with E-state index in [0.29, 0.717) is 0 Å². The third kappa shape index (κ3) is 8.47. The second kappa shape index (κ2) is 13.4. The molecular weight excluding hydrogens is 526 g/mol. The number of aliphatic carboxylic acids is 1. The standard InChI is InChI=1S/C31H43N3O7/c1-20(39-30(38)40-23-11-6-5-7-12-23)24(33-29(37)41-31(2,3)4)16-14-22(28(35)36)18-25-27-17-15-21-10-8-9-13-26(21)34(27)19-32-25/h8-10,13,19-20,22-24H,5-7,11-12,14-18H2,1-4H3,(H,33,37)(H,35,36)/t20?,22-,24?/m0/s1. The number of hydrogen-bond donors (Lipinski definition) is 2. The second-order valence-electron chi connectivity index (χ2n) is 12.2. The van der Waals surface area contributed by atoms with Crippen molar-refractivity contribution in [1.82, 2.24) is 14.9 Å². The topological polar surface area (TPSA) is 129 Å². The number of benzene rings is 1. The number of rotatable bonds is 10. The number of aromatic nitrogens is 2. The Morgan fingerprint density at radius 1 is 1.10 bits per heavy atom. The lowest BCUT2D eigenvalue weighted by atomic mass is 9.92. The molecule has 2 unspecified atom stereocenters.